The number of ether oxygens (including phenoxy) is 1. The summed E-state index contributed by atoms with van der Waals surface area (Å²) in [6.07, 6.45) is 1.95. The van der Waals surface area contributed by atoms with Crippen LogP contribution in [0.1, 0.15) is 26.7 Å². The Balaban J connectivity index is 2.39. The van der Waals surface area contributed by atoms with Crippen LogP contribution in [0.5, 0.6) is 0 Å². The summed E-state index contributed by atoms with van der Waals surface area (Å²) in [6.45, 7) is 7.14. The Morgan fingerprint density at radius 1 is 1.67 bits per heavy atom. The van der Waals surface area contributed by atoms with Crippen molar-refractivity contribution in [2.75, 3.05) is 26.8 Å². The number of likely N-dealkylation sites (tertiary alicyclic amines) is 1. The van der Waals surface area contributed by atoms with E-state index >= 15 is 0 Å². The van der Waals surface area contributed by atoms with Crippen LogP contribution in [-0.4, -0.2) is 48.7 Å². The fourth-order valence-electron chi connectivity index (χ4n) is 2.07. The molecule has 1 saturated heterocycles. The largest absolute Gasteiger partial charge is 0.411 e. The highest BCUT2D eigenvalue weighted by Gasteiger charge is 2.25. The molecule has 0 saturated carbocycles. The first-order chi connectivity index (χ1) is 7.19. The molecule has 0 aliphatic carbocycles. The van der Waals surface area contributed by atoms with E-state index in [1.54, 1.807) is 7.11 Å². The highest BCUT2D eigenvalue weighted by atomic mass is 16.5. The molecule has 88 valence electrons. The normalized spacial score (nSPS) is 28.2. The van der Waals surface area contributed by atoms with Gasteiger partial charge in [-0.25, -0.2) is 0 Å². The fourth-order valence-corrected chi connectivity index (χ4v) is 2.07. The maximum absolute atomic E-state index is 8.78. The SMILES string of the molecule is COCCC(C)N1CCC(=NO)C(C)C1. The Bertz CT molecular complexity index is 219. The van der Waals surface area contributed by atoms with Crippen molar-refractivity contribution in [3.63, 3.8) is 0 Å². The van der Waals surface area contributed by atoms with Crippen molar-refractivity contribution in [2.45, 2.75) is 32.7 Å². The molecule has 0 aromatic carbocycles. The van der Waals surface area contributed by atoms with E-state index < -0.39 is 0 Å². The maximum atomic E-state index is 8.78. The second-order valence-electron chi connectivity index (χ2n) is 4.37. The van der Waals surface area contributed by atoms with Crippen LogP contribution in [0.3, 0.4) is 0 Å². The molecule has 1 fully saturated rings. The first-order valence-corrected chi connectivity index (χ1v) is 5.62. The molecule has 0 spiro atoms. The molecule has 4 nitrogen and oxygen atoms in total. The minimum atomic E-state index is 0.369. The van der Waals surface area contributed by atoms with E-state index in [9.17, 15) is 0 Å². The molecule has 15 heavy (non-hydrogen) atoms. The van der Waals surface area contributed by atoms with Gasteiger partial charge in [-0.1, -0.05) is 12.1 Å². The number of oxime groups is 1. The van der Waals surface area contributed by atoms with E-state index in [2.05, 4.69) is 23.9 Å². The molecular formula is C11H22N2O2. The Hall–Kier alpha value is -0.610. The molecule has 1 aliphatic rings. The number of hydrogen-bond acceptors (Lipinski definition) is 4. The minimum Gasteiger partial charge on any atom is -0.411 e. The lowest BCUT2D eigenvalue weighted by molar-refractivity contribution is 0.127. The minimum absolute atomic E-state index is 0.369. The van der Waals surface area contributed by atoms with Crippen LogP contribution >= 0.6 is 0 Å². The predicted molar refractivity (Wildman–Crippen MR) is 60.5 cm³/mol. The van der Waals surface area contributed by atoms with Gasteiger partial charge in [-0.15, -0.1) is 0 Å². The summed E-state index contributed by atoms with van der Waals surface area (Å²) in [4.78, 5) is 2.44. The van der Waals surface area contributed by atoms with Crippen molar-refractivity contribution in [1.29, 1.82) is 0 Å². The van der Waals surface area contributed by atoms with Gasteiger partial charge in [-0.05, 0) is 13.3 Å². The quantitative estimate of drug-likeness (QED) is 0.571. The highest BCUT2D eigenvalue weighted by Crippen LogP contribution is 2.17. The van der Waals surface area contributed by atoms with Crippen molar-refractivity contribution in [3.8, 4) is 0 Å². The molecule has 2 atom stereocenters. The van der Waals surface area contributed by atoms with E-state index in [-0.39, 0.29) is 0 Å². The highest BCUT2D eigenvalue weighted by molar-refractivity contribution is 5.86. The molecule has 2 unspecified atom stereocenters. The van der Waals surface area contributed by atoms with E-state index in [1.165, 1.54) is 0 Å². The average molecular weight is 214 g/mol. The lowest BCUT2D eigenvalue weighted by Gasteiger charge is -2.35. The Labute approximate surface area is 91.9 Å². The van der Waals surface area contributed by atoms with Crippen LogP contribution in [0.2, 0.25) is 0 Å². The zero-order chi connectivity index (χ0) is 11.3. The Morgan fingerprint density at radius 2 is 2.40 bits per heavy atom. The standard InChI is InChI=1S/C11H22N2O2/c1-9-8-13(6-4-11(9)12-14)10(2)5-7-15-3/h9-10,14H,4-8H2,1-3H3. The van der Waals surface area contributed by atoms with Crippen molar-refractivity contribution in [2.24, 2.45) is 11.1 Å². The summed E-state index contributed by atoms with van der Waals surface area (Å²) in [7, 11) is 1.74. The third-order valence-corrected chi connectivity index (χ3v) is 3.22. The van der Waals surface area contributed by atoms with Crippen LogP contribution < -0.4 is 0 Å². The van der Waals surface area contributed by atoms with Crippen LogP contribution in [0.4, 0.5) is 0 Å². The van der Waals surface area contributed by atoms with Crippen molar-refractivity contribution < 1.29 is 9.94 Å². The van der Waals surface area contributed by atoms with Gasteiger partial charge >= 0.3 is 0 Å². The van der Waals surface area contributed by atoms with Crippen LogP contribution in [0.25, 0.3) is 0 Å². The summed E-state index contributed by atoms with van der Waals surface area (Å²) in [6, 6.07) is 0.549. The van der Waals surface area contributed by atoms with Crippen molar-refractivity contribution in [3.05, 3.63) is 0 Å². The number of hydrogen-bond donors (Lipinski definition) is 1. The molecule has 0 bridgehead atoms. The molecule has 4 heteroatoms. The first kappa shape index (κ1) is 12.5. The molecule has 0 aromatic heterocycles. The van der Waals surface area contributed by atoms with Crippen molar-refractivity contribution >= 4 is 5.71 Å². The topological polar surface area (TPSA) is 45.1 Å². The van der Waals surface area contributed by atoms with E-state index in [0.717, 1.165) is 38.2 Å². The number of rotatable bonds is 4. The van der Waals surface area contributed by atoms with Crippen molar-refractivity contribution in [1.82, 2.24) is 4.90 Å². The van der Waals surface area contributed by atoms with E-state index in [0.29, 0.717) is 12.0 Å². The summed E-state index contributed by atoms with van der Waals surface area (Å²) in [5.74, 6) is 0.369. The van der Waals surface area contributed by atoms with E-state index in [4.69, 9.17) is 9.94 Å². The smallest absolute Gasteiger partial charge is 0.0624 e. The van der Waals surface area contributed by atoms with Gasteiger partial charge in [-0.3, -0.25) is 4.90 Å². The Kier molecular flexibility index (Phi) is 5.05. The number of nitrogens with zero attached hydrogens (tertiary/aromatic N) is 2. The molecule has 1 heterocycles. The van der Waals surface area contributed by atoms with Crippen LogP contribution in [0, 0.1) is 5.92 Å². The summed E-state index contributed by atoms with van der Waals surface area (Å²) in [5, 5.41) is 12.1. The third-order valence-electron chi connectivity index (χ3n) is 3.22. The summed E-state index contributed by atoms with van der Waals surface area (Å²) in [5.41, 5.74) is 0.935. The maximum Gasteiger partial charge on any atom is 0.0624 e. The average Bonchev–Trinajstić information content (AvgIpc) is 2.25. The molecule has 1 N–H and O–H groups in total. The molecular weight excluding hydrogens is 192 g/mol. The van der Waals surface area contributed by atoms with Gasteiger partial charge in [0.25, 0.3) is 0 Å². The van der Waals surface area contributed by atoms with Gasteiger partial charge in [0.15, 0.2) is 0 Å². The van der Waals surface area contributed by atoms with Gasteiger partial charge in [0.05, 0.1) is 5.71 Å². The molecule has 0 aromatic rings. The fraction of sp³-hybridized carbons (Fsp3) is 0.909. The molecule has 0 amide bonds. The molecule has 0 radical (unpaired) electrons. The van der Waals surface area contributed by atoms with Gasteiger partial charge in [0, 0.05) is 45.2 Å². The lowest BCUT2D eigenvalue weighted by atomic mass is 9.96. The second-order valence-corrected chi connectivity index (χ2v) is 4.37. The second kappa shape index (κ2) is 6.08. The van der Waals surface area contributed by atoms with Gasteiger partial charge in [-0.2, -0.15) is 0 Å². The zero-order valence-electron chi connectivity index (χ0n) is 9.94. The summed E-state index contributed by atoms with van der Waals surface area (Å²) >= 11 is 0. The predicted octanol–water partition coefficient (Wildman–Crippen LogP) is 1.58. The van der Waals surface area contributed by atoms with Crippen LogP contribution in [0.15, 0.2) is 5.16 Å². The first-order valence-electron chi connectivity index (χ1n) is 5.62. The van der Waals surface area contributed by atoms with Crippen LogP contribution in [-0.2, 0) is 4.74 Å². The van der Waals surface area contributed by atoms with E-state index in [1.807, 2.05) is 0 Å². The Morgan fingerprint density at radius 3 is 2.93 bits per heavy atom. The monoisotopic (exact) mass is 214 g/mol. The molecule has 1 aliphatic heterocycles. The zero-order valence-corrected chi connectivity index (χ0v) is 9.94. The number of piperidine rings is 1. The van der Waals surface area contributed by atoms with Gasteiger partial charge < -0.3 is 9.94 Å². The van der Waals surface area contributed by atoms with Gasteiger partial charge in [0.2, 0.25) is 0 Å². The van der Waals surface area contributed by atoms with Gasteiger partial charge in [0.1, 0.15) is 0 Å². The number of methoxy groups -OCH3 is 1. The lowest BCUT2D eigenvalue weighted by Crippen LogP contribution is -2.44. The molecule has 1 rings (SSSR count). The third kappa shape index (κ3) is 3.47. The summed E-state index contributed by atoms with van der Waals surface area (Å²) < 4.78 is 5.08.